The number of nitrogens with zero attached hydrogens (tertiary/aromatic N) is 2. The molecule has 0 N–H and O–H groups in total. The molecular formula is C26H24N2O4S. The monoisotopic (exact) mass is 460 g/mol. The number of piperidine rings is 1. The van der Waals surface area contributed by atoms with Crippen molar-refractivity contribution in [2.24, 2.45) is 0 Å². The average molecular weight is 461 g/mol. The molecule has 7 heteroatoms. The molecule has 0 saturated carbocycles. The van der Waals surface area contributed by atoms with E-state index in [1.807, 2.05) is 35.2 Å². The number of carbonyl (C=O) groups excluding carboxylic acids is 1. The summed E-state index contributed by atoms with van der Waals surface area (Å²) in [4.78, 5) is 31.8. The minimum atomic E-state index is -0.252. The fraction of sp³-hybridized carbons (Fsp3) is 0.346. The summed E-state index contributed by atoms with van der Waals surface area (Å²) in [7, 11) is 0. The van der Waals surface area contributed by atoms with E-state index >= 15 is 0 Å². The van der Waals surface area contributed by atoms with Crippen molar-refractivity contribution in [3.05, 3.63) is 69.0 Å². The lowest BCUT2D eigenvalue weighted by Crippen LogP contribution is -2.41. The van der Waals surface area contributed by atoms with E-state index in [2.05, 4.69) is 6.07 Å². The van der Waals surface area contributed by atoms with Crippen LogP contribution in [0.25, 0.3) is 21.2 Å². The van der Waals surface area contributed by atoms with Gasteiger partial charge in [0, 0.05) is 36.0 Å². The van der Waals surface area contributed by atoms with Gasteiger partial charge in [0.1, 0.15) is 11.3 Å². The van der Waals surface area contributed by atoms with Crippen molar-refractivity contribution in [2.75, 3.05) is 19.7 Å². The number of aryl methyl sites for hydroxylation is 1. The summed E-state index contributed by atoms with van der Waals surface area (Å²) in [5, 5.41) is 2.07. The number of hydrogen-bond acceptors (Lipinski definition) is 6. The van der Waals surface area contributed by atoms with Crippen LogP contribution >= 0.6 is 11.3 Å². The zero-order chi connectivity index (χ0) is 22.4. The van der Waals surface area contributed by atoms with Gasteiger partial charge in [0.2, 0.25) is 0 Å². The maximum absolute atomic E-state index is 12.9. The summed E-state index contributed by atoms with van der Waals surface area (Å²) >= 11 is 1.72. The Bertz CT molecular complexity index is 1390. The Balaban J connectivity index is 1.14. The van der Waals surface area contributed by atoms with Crippen LogP contribution in [0.5, 0.6) is 5.75 Å². The van der Waals surface area contributed by atoms with Gasteiger partial charge in [0.05, 0.1) is 15.2 Å². The zero-order valence-corrected chi connectivity index (χ0v) is 19.0. The number of amides is 1. The van der Waals surface area contributed by atoms with Crippen LogP contribution < -0.4 is 10.4 Å². The molecule has 4 aromatic rings. The lowest BCUT2D eigenvalue weighted by Gasteiger charge is -2.31. The number of ether oxygens (including phenoxy) is 1. The van der Waals surface area contributed by atoms with Crippen molar-refractivity contribution in [1.82, 2.24) is 9.88 Å². The van der Waals surface area contributed by atoms with E-state index in [1.54, 1.807) is 17.4 Å². The number of benzene rings is 2. The molecule has 168 valence electrons. The molecule has 3 heterocycles. The molecule has 2 aromatic heterocycles. The Morgan fingerprint density at radius 1 is 1.15 bits per heavy atom. The molecule has 0 radical (unpaired) electrons. The van der Waals surface area contributed by atoms with Crippen LogP contribution in [0.2, 0.25) is 0 Å². The fourth-order valence-electron chi connectivity index (χ4n) is 5.06. The number of thiazole rings is 1. The number of carbonyl (C=O) groups is 1. The molecular weight excluding hydrogens is 436 g/mol. The van der Waals surface area contributed by atoms with Gasteiger partial charge in [0.15, 0.2) is 6.61 Å². The van der Waals surface area contributed by atoms with Crippen LogP contribution in [0.1, 0.15) is 41.3 Å². The van der Waals surface area contributed by atoms with E-state index in [9.17, 15) is 9.59 Å². The highest BCUT2D eigenvalue weighted by Crippen LogP contribution is 2.33. The predicted molar refractivity (Wildman–Crippen MR) is 128 cm³/mol. The Morgan fingerprint density at radius 2 is 2.03 bits per heavy atom. The second-order valence-electron chi connectivity index (χ2n) is 8.85. The first-order valence-corrected chi connectivity index (χ1v) is 12.3. The highest BCUT2D eigenvalue weighted by Gasteiger charge is 2.27. The second kappa shape index (κ2) is 8.30. The first-order chi connectivity index (χ1) is 16.2. The van der Waals surface area contributed by atoms with Crippen molar-refractivity contribution in [3.8, 4) is 5.75 Å². The number of aromatic nitrogens is 1. The van der Waals surface area contributed by atoms with E-state index < -0.39 is 0 Å². The average Bonchev–Trinajstić information content (AvgIpc) is 3.50. The maximum Gasteiger partial charge on any atom is 0.339 e. The third kappa shape index (κ3) is 3.80. The van der Waals surface area contributed by atoms with Gasteiger partial charge < -0.3 is 14.1 Å². The van der Waals surface area contributed by atoms with Gasteiger partial charge in [-0.05, 0) is 61.9 Å². The van der Waals surface area contributed by atoms with Crippen LogP contribution in [0.15, 0.2) is 51.7 Å². The standard InChI is InChI=1S/C26H24N2O4S/c29-24(28-12-4-5-16(14-28)25-27-21-8-1-2-9-23(21)33-25)15-31-17-10-11-19-18-6-3-7-20(18)26(30)32-22(19)13-17/h1-2,8-11,13,16H,3-7,12,14-15H2. The summed E-state index contributed by atoms with van der Waals surface area (Å²) < 4.78 is 12.5. The summed E-state index contributed by atoms with van der Waals surface area (Å²) in [5.74, 6) is 0.769. The first-order valence-electron chi connectivity index (χ1n) is 11.5. The van der Waals surface area contributed by atoms with Crippen LogP contribution in [-0.2, 0) is 17.6 Å². The highest BCUT2D eigenvalue weighted by atomic mass is 32.1. The van der Waals surface area contributed by atoms with E-state index in [-0.39, 0.29) is 24.1 Å². The molecule has 2 aliphatic rings. The number of likely N-dealkylation sites (tertiary alicyclic amines) is 1. The molecule has 6 nitrogen and oxygen atoms in total. The van der Waals surface area contributed by atoms with Gasteiger partial charge in [-0.1, -0.05) is 12.1 Å². The maximum atomic E-state index is 12.9. The number of rotatable bonds is 4. The molecule has 1 fully saturated rings. The van der Waals surface area contributed by atoms with Crippen molar-refractivity contribution >= 4 is 38.4 Å². The third-order valence-electron chi connectivity index (χ3n) is 6.74. The van der Waals surface area contributed by atoms with Gasteiger partial charge in [-0.3, -0.25) is 4.79 Å². The van der Waals surface area contributed by atoms with Gasteiger partial charge in [-0.25, -0.2) is 9.78 Å². The van der Waals surface area contributed by atoms with Crippen LogP contribution in [0, 0.1) is 0 Å². The molecule has 0 bridgehead atoms. The smallest absolute Gasteiger partial charge is 0.339 e. The Hall–Kier alpha value is -3.19. The molecule has 33 heavy (non-hydrogen) atoms. The largest absolute Gasteiger partial charge is 0.484 e. The van der Waals surface area contributed by atoms with Gasteiger partial charge in [0.25, 0.3) is 5.91 Å². The first kappa shape index (κ1) is 20.4. The molecule has 1 unspecified atom stereocenters. The van der Waals surface area contributed by atoms with Gasteiger partial charge >= 0.3 is 5.63 Å². The minimum Gasteiger partial charge on any atom is -0.484 e. The fourth-order valence-corrected chi connectivity index (χ4v) is 6.15. The van der Waals surface area contributed by atoms with Crippen molar-refractivity contribution in [2.45, 2.75) is 38.0 Å². The number of hydrogen-bond donors (Lipinski definition) is 0. The number of fused-ring (bicyclic) bond motifs is 4. The second-order valence-corrected chi connectivity index (χ2v) is 9.91. The van der Waals surface area contributed by atoms with Crippen molar-refractivity contribution < 1.29 is 13.9 Å². The molecule has 6 rings (SSSR count). The third-order valence-corrected chi connectivity index (χ3v) is 7.94. The highest BCUT2D eigenvalue weighted by molar-refractivity contribution is 7.18. The van der Waals surface area contributed by atoms with Crippen LogP contribution in [-0.4, -0.2) is 35.5 Å². The van der Waals surface area contributed by atoms with Crippen molar-refractivity contribution in [3.63, 3.8) is 0 Å². The summed E-state index contributed by atoms with van der Waals surface area (Å²) in [6.07, 6.45) is 4.67. The molecule has 2 aromatic carbocycles. The summed E-state index contributed by atoms with van der Waals surface area (Å²) in [6.45, 7) is 1.37. The normalized spacial score (nSPS) is 18.1. The SMILES string of the molecule is O=C(COc1ccc2c3c(c(=O)oc2c1)CCC3)N1CCCC(c2nc3ccccc3s2)C1. The molecule has 1 aliphatic carbocycles. The minimum absolute atomic E-state index is 0.0312. The van der Waals surface area contributed by atoms with E-state index in [4.69, 9.17) is 14.1 Å². The van der Waals surface area contributed by atoms with E-state index in [1.165, 1.54) is 4.70 Å². The Morgan fingerprint density at radius 3 is 2.94 bits per heavy atom. The van der Waals surface area contributed by atoms with Crippen LogP contribution in [0.4, 0.5) is 0 Å². The molecule has 1 aliphatic heterocycles. The van der Waals surface area contributed by atoms with E-state index in [0.717, 1.165) is 65.7 Å². The quantitative estimate of drug-likeness (QED) is 0.414. The topological polar surface area (TPSA) is 72.6 Å². The van der Waals surface area contributed by atoms with Gasteiger partial charge in [-0.15, -0.1) is 11.3 Å². The molecule has 1 amide bonds. The zero-order valence-electron chi connectivity index (χ0n) is 18.2. The molecule has 1 atom stereocenters. The van der Waals surface area contributed by atoms with Crippen LogP contribution in [0.3, 0.4) is 0 Å². The predicted octanol–water partition coefficient (Wildman–Crippen LogP) is 4.68. The van der Waals surface area contributed by atoms with Crippen molar-refractivity contribution in [1.29, 1.82) is 0 Å². The lowest BCUT2D eigenvalue weighted by molar-refractivity contribution is -0.134. The Labute approximate surface area is 194 Å². The lowest BCUT2D eigenvalue weighted by atomic mass is 9.99. The molecule has 1 saturated heterocycles. The summed E-state index contributed by atoms with van der Waals surface area (Å²) in [6, 6.07) is 13.7. The van der Waals surface area contributed by atoms with E-state index in [0.29, 0.717) is 17.9 Å². The Kier molecular flexibility index (Phi) is 5.14. The summed E-state index contributed by atoms with van der Waals surface area (Å²) in [5.41, 5.74) is 3.20. The molecule has 0 spiro atoms. The number of para-hydroxylation sites is 1. The van der Waals surface area contributed by atoms with Gasteiger partial charge in [-0.2, -0.15) is 0 Å².